The minimum Gasteiger partial charge on any atom is -0.545 e. The molecule has 81 heavy (non-hydrogen) atoms. The lowest BCUT2D eigenvalue weighted by molar-refractivity contribution is -0.870. The molecule has 0 aromatic carbocycles. The monoisotopic (exact) mass is 1140 g/mol. The van der Waals surface area contributed by atoms with E-state index in [1.54, 1.807) is 0 Å². The van der Waals surface area contributed by atoms with Gasteiger partial charge in [0, 0.05) is 12.8 Å². The van der Waals surface area contributed by atoms with Crippen LogP contribution in [-0.4, -0.2) is 82.3 Å². The van der Waals surface area contributed by atoms with E-state index in [0.29, 0.717) is 17.4 Å². The van der Waals surface area contributed by atoms with Gasteiger partial charge in [0.2, 0.25) is 0 Å². The molecular weight excluding hydrogens is 1010 g/mol. The van der Waals surface area contributed by atoms with Gasteiger partial charge in [0.25, 0.3) is 0 Å². The topological polar surface area (TPSA) is 111 Å². The number of likely N-dealkylation sites (N-methyl/N-ethyl adjacent to an activating group) is 1. The molecule has 0 N–H and O–H groups in total. The van der Waals surface area contributed by atoms with Gasteiger partial charge in [-0.3, -0.25) is 9.59 Å². The van der Waals surface area contributed by atoms with E-state index < -0.39 is 24.3 Å². The highest BCUT2D eigenvalue weighted by Crippen LogP contribution is 2.19. The normalized spacial score (nSPS) is 13.0. The molecule has 2 unspecified atom stereocenters. The number of hydrogen-bond acceptors (Lipinski definition) is 8. The molecule has 0 aromatic rings. The molecule has 474 valence electrons. The molecule has 0 rings (SSSR count). The van der Waals surface area contributed by atoms with Crippen molar-refractivity contribution >= 4 is 17.9 Å². The maximum absolute atomic E-state index is 12.9. The van der Waals surface area contributed by atoms with Gasteiger partial charge in [-0.05, 0) is 51.4 Å². The molecule has 2 atom stereocenters. The number of nitrogens with zero attached hydrogens (tertiary/aromatic N) is 1. The Morgan fingerprint density at radius 2 is 0.704 bits per heavy atom. The third-order valence-corrected chi connectivity index (χ3v) is 15.6. The Kier molecular flexibility index (Phi) is 61.1. The fraction of sp³-hybridized carbons (Fsp3) is 0.847. The fourth-order valence-corrected chi connectivity index (χ4v) is 10.3. The lowest BCUT2D eigenvalue weighted by Gasteiger charge is -2.26. The first-order valence-electron chi connectivity index (χ1n) is 34.8. The number of esters is 2. The molecular formula is C72H133NO8. The number of rotatable bonds is 65. The van der Waals surface area contributed by atoms with Crippen molar-refractivity contribution in [3.8, 4) is 0 Å². The third kappa shape index (κ3) is 64.7. The second-order valence-electron chi connectivity index (χ2n) is 24.8. The summed E-state index contributed by atoms with van der Waals surface area (Å²) in [5.74, 6) is -2.25. The molecule has 0 aromatic heterocycles. The zero-order chi connectivity index (χ0) is 59.1. The van der Waals surface area contributed by atoms with Gasteiger partial charge < -0.3 is 33.3 Å². The maximum atomic E-state index is 12.9. The molecule has 0 saturated heterocycles. The predicted octanol–water partition coefficient (Wildman–Crippen LogP) is 20.0. The van der Waals surface area contributed by atoms with Crippen LogP contribution in [0, 0.1) is 0 Å². The van der Waals surface area contributed by atoms with Crippen LogP contribution >= 0.6 is 0 Å². The Morgan fingerprint density at radius 1 is 0.383 bits per heavy atom. The van der Waals surface area contributed by atoms with Gasteiger partial charge in [0.15, 0.2) is 12.4 Å². The maximum Gasteiger partial charge on any atom is 0.306 e. The van der Waals surface area contributed by atoms with E-state index in [0.717, 1.165) is 64.2 Å². The standard InChI is InChI=1S/C72H133NO8/c1-6-8-10-12-14-16-18-20-22-24-25-26-27-28-29-30-31-32-33-34-35-36-37-38-39-40-41-42-43-44-45-47-49-51-53-55-57-59-61-63-70(75)81-68(67-80-72(71(76)77)78-65-64-73(3,4)5)66-79-69(74)62-60-58-56-54-52-50-48-46-23-21-19-17-15-13-11-9-7-2/h8,10,14,16,20,22,25-26,68,72H,6-7,9,11-13,15,17-19,21,23-24,27-67H2,1-5H3/b10-8-,16-14-,22-20-,26-25-. The van der Waals surface area contributed by atoms with Gasteiger partial charge in [0.1, 0.15) is 13.2 Å². The van der Waals surface area contributed by atoms with E-state index >= 15 is 0 Å². The van der Waals surface area contributed by atoms with E-state index in [4.69, 9.17) is 18.9 Å². The Hall–Kier alpha value is -2.75. The van der Waals surface area contributed by atoms with Crippen LogP contribution in [0.1, 0.15) is 335 Å². The minimum atomic E-state index is -1.62. The smallest absolute Gasteiger partial charge is 0.306 e. The summed E-state index contributed by atoms with van der Waals surface area (Å²) in [5, 5.41) is 11.8. The van der Waals surface area contributed by atoms with Crippen molar-refractivity contribution in [3.05, 3.63) is 48.6 Å². The van der Waals surface area contributed by atoms with Gasteiger partial charge in [-0.25, -0.2) is 0 Å². The van der Waals surface area contributed by atoms with Crippen molar-refractivity contribution in [1.82, 2.24) is 0 Å². The van der Waals surface area contributed by atoms with Crippen LogP contribution in [0.25, 0.3) is 0 Å². The average molecular weight is 1140 g/mol. The summed E-state index contributed by atoms with van der Waals surface area (Å²) in [6, 6.07) is 0. The highest BCUT2D eigenvalue weighted by molar-refractivity contribution is 5.70. The van der Waals surface area contributed by atoms with Crippen LogP contribution in [0.15, 0.2) is 48.6 Å². The Morgan fingerprint density at radius 3 is 1.05 bits per heavy atom. The third-order valence-electron chi connectivity index (χ3n) is 15.6. The van der Waals surface area contributed by atoms with Gasteiger partial charge >= 0.3 is 11.9 Å². The number of carbonyl (C=O) groups excluding carboxylic acids is 3. The zero-order valence-corrected chi connectivity index (χ0v) is 54.2. The summed E-state index contributed by atoms with van der Waals surface area (Å²) in [6.07, 6.45) is 77.8. The highest BCUT2D eigenvalue weighted by atomic mass is 16.7. The molecule has 0 aliphatic rings. The van der Waals surface area contributed by atoms with Crippen LogP contribution in [0.5, 0.6) is 0 Å². The second kappa shape index (κ2) is 63.3. The molecule has 0 radical (unpaired) electrons. The summed E-state index contributed by atoms with van der Waals surface area (Å²) >= 11 is 0. The van der Waals surface area contributed by atoms with Gasteiger partial charge in [-0.2, -0.15) is 0 Å². The van der Waals surface area contributed by atoms with Gasteiger partial charge in [-0.15, -0.1) is 0 Å². The number of carboxylic acid groups (broad SMARTS) is 1. The Labute approximate surface area is 502 Å². The van der Waals surface area contributed by atoms with E-state index in [9.17, 15) is 19.5 Å². The lowest BCUT2D eigenvalue weighted by Crippen LogP contribution is -2.44. The molecule has 9 nitrogen and oxygen atoms in total. The van der Waals surface area contributed by atoms with Crippen LogP contribution in [0.4, 0.5) is 0 Å². The number of aliphatic carboxylic acids is 1. The quantitative estimate of drug-likeness (QED) is 0.0195. The van der Waals surface area contributed by atoms with Crippen molar-refractivity contribution in [2.45, 2.75) is 347 Å². The van der Waals surface area contributed by atoms with E-state index in [1.165, 1.54) is 244 Å². The summed E-state index contributed by atoms with van der Waals surface area (Å²) in [4.78, 5) is 37.4. The summed E-state index contributed by atoms with van der Waals surface area (Å²) in [5.41, 5.74) is 0. The van der Waals surface area contributed by atoms with Crippen molar-refractivity contribution in [1.29, 1.82) is 0 Å². The number of carbonyl (C=O) groups is 3. The first kappa shape index (κ1) is 78.2. The lowest BCUT2D eigenvalue weighted by atomic mass is 10.0. The fourth-order valence-electron chi connectivity index (χ4n) is 10.3. The first-order valence-corrected chi connectivity index (χ1v) is 34.8. The largest absolute Gasteiger partial charge is 0.545 e. The number of unbranched alkanes of at least 4 members (excludes halogenated alkanes) is 42. The van der Waals surface area contributed by atoms with E-state index in [1.807, 2.05) is 21.1 Å². The number of carboxylic acids is 1. The SMILES string of the molecule is CC/C=C\C/C=C\C/C=C\C/C=C\CCCCCCCCCCCCCCCCCCCCCCCCCCCCC(=O)OC(COC(=O)CCCCCCCCCCCCCCCCCCC)COC(OCC[N+](C)(C)C)C(=O)[O-]. The van der Waals surface area contributed by atoms with Gasteiger partial charge in [0.05, 0.1) is 40.3 Å². The van der Waals surface area contributed by atoms with E-state index in [2.05, 4.69) is 62.5 Å². The second-order valence-corrected chi connectivity index (χ2v) is 24.8. The molecule has 0 spiro atoms. The molecule has 0 amide bonds. The first-order chi connectivity index (χ1) is 39.6. The number of ether oxygens (including phenoxy) is 4. The van der Waals surface area contributed by atoms with E-state index in [-0.39, 0.29) is 32.2 Å². The average Bonchev–Trinajstić information content (AvgIpc) is 3.44. The van der Waals surface area contributed by atoms with Crippen molar-refractivity contribution in [3.63, 3.8) is 0 Å². The number of hydrogen-bond donors (Lipinski definition) is 0. The van der Waals surface area contributed by atoms with Crippen molar-refractivity contribution in [2.75, 3.05) is 47.5 Å². The summed E-state index contributed by atoms with van der Waals surface area (Å²) in [7, 11) is 5.94. The van der Waals surface area contributed by atoms with Gasteiger partial charge in [-0.1, -0.05) is 319 Å². The molecule has 0 bridgehead atoms. The number of allylic oxidation sites excluding steroid dienone is 8. The van der Waals surface area contributed by atoms with Crippen molar-refractivity contribution in [2.24, 2.45) is 0 Å². The Balaban J connectivity index is 3.95. The molecule has 0 aliphatic carbocycles. The van der Waals surface area contributed by atoms with Crippen LogP contribution in [-0.2, 0) is 33.3 Å². The minimum absolute atomic E-state index is 0.151. The molecule has 9 heteroatoms. The summed E-state index contributed by atoms with van der Waals surface area (Å²) < 4.78 is 22.8. The Bertz CT molecular complexity index is 1470. The summed E-state index contributed by atoms with van der Waals surface area (Å²) in [6.45, 7) is 4.69. The van der Waals surface area contributed by atoms with Crippen LogP contribution in [0.3, 0.4) is 0 Å². The molecule has 0 heterocycles. The highest BCUT2D eigenvalue weighted by Gasteiger charge is 2.22. The molecule has 0 aliphatic heterocycles. The van der Waals surface area contributed by atoms with Crippen LogP contribution in [0.2, 0.25) is 0 Å². The van der Waals surface area contributed by atoms with Crippen LogP contribution < -0.4 is 5.11 Å². The molecule has 0 fully saturated rings. The van der Waals surface area contributed by atoms with Crippen molar-refractivity contribution < 1.29 is 42.9 Å². The number of quaternary nitrogens is 1. The molecule has 0 saturated carbocycles. The zero-order valence-electron chi connectivity index (χ0n) is 54.2. The predicted molar refractivity (Wildman–Crippen MR) is 343 cm³/mol.